The first-order valence-corrected chi connectivity index (χ1v) is 8.42. The number of carbonyl (C=O) groups is 1. The van der Waals surface area contributed by atoms with Crippen molar-refractivity contribution in [2.75, 3.05) is 18.9 Å². The Bertz CT molecular complexity index is 985. The predicted octanol–water partition coefficient (Wildman–Crippen LogP) is 5.26. The number of nitrogens with one attached hydrogen (secondary N) is 1. The van der Waals surface area contributed by atoms with Crippen molar-refractivity contribution in [3.8, 4) is 0 Å². The van der Waals surface area contributed by atoms with Gasteiger partial charge in [-0.15, -0.1) is 0 Å². The molecular formula is C21H20F2N2O. The second-order valence-corrected chi connectivity index (χ2v) is 6.20. The van der Waals surface area contributed by atoms with Crippen LogP contribution in [0.3, 0.4) is 0 Å². The van der Waals surface area contributed by atoms with Gasteiger partial charge in [0, 0.05) is 30.2 Å². The number of carbonyl (C=O) groups excluding carboxylic acids is 1. The zero-order valence-electron chi connectivity index (χ0n) is 14.9. The van der Waals surface area contributed by atoms with Crippen LogP contribution in [0, 0.1) is 18.6 Å². The fourth-order valence-electron chi connectivity index (χ4n) is 2.97. The minimum atomic E-state index is -0.931. The van der Waals surface area contributed by atoms with E-state index in [1.165, 1.54) is 12.1 Å². The Hall–Kier alpha value is -2.95. The topological polar surface area (TPSA) is 32.3 Å². The number of anilines is 2. The van der Waals surface area contributed by atoms with Crippen LogP contribution in [0.25, 0.3) is 10.8 Å². The van der Waals surface area contributed by atoms with Gasteiger partial charge in [0.1, 0.15) is 0 Å². The maximum Gasteiger partial charge on any atom is 0.254 e. The molecular weight excluding hydrogens is 334 g/mol. The molecule has 0 aliphatic rings. The van der Waals surface area contributed by atoms with E-state index in [4.69, 9.17) is 0 Å². The third kappa shape index (κ3) is 3.12. The van der Waals surface area contributed by atoms with E-state index in [1.54, 1.807) is 24.1 Å². The molecule has 0 aliphatic carbocycles. The average molecular weight is 354 g/mol. The van der Waals surface area contributed by atoms with Crippen molar-refractivity contribution >= 4 is 28.1 Å². The number of hydrogen-bond acceptors (Lipinski definition) is 2. The summed E-state index contributed by atoms with van der Waals surface area (Å²) in [6.45, 7) is 4.44. The van der Waals surface area contributed by atoms with Crippen LogP contribution in [0.5, 0.6) is 0 Å². The van der Waals surface area contributed by atoms with Gasteiger partial charge >= 0.3 is 0 Å². The molecule has 0 saturated heterocycles. The smallest absolute Gasteiger partial charge is 0.254 e. The second kappa shape index (κ2) is 7.12. The number of aryl methyl sites for hydroxylation is 1. The van der Waals surface area contributed by atoms with Crippen molar-refractivity contribution in [2.45, 2.75) is 13.8 Å². The molecule has 0 bridgehead atoms. The van der Waals surface area contributed by atoms with Gasteiger partial charge in [-0.05, 0) is 49.1 Å². The highest BCUT2D eigenvalue weighted by Crippen LogP contribution is 2.32. The van der Waals surface area contributed by atoms with Gasteiger partial charge in [0.15, 0.2) is 11.6 Å². The predicted molar refractivity (Wildman–Crippen MR) is 101 cm³/mol. The third-order valence-electron chi connectivity index (χ3n) is 4.52. The largest absolute Gasteiger partial charge is 0.353 e. The number of hydrogen-bond donors (Lipinski definition) is 1. The monoisotopic (exact) mass is 354 g/mol. The lowest BCUT2D eigenvalue weighted by Crippen LogP contribution is -2.26. The lowest BCUT2D eigenvalue weighted by molar-refractivity contribution is 0.0804. The normalized spacial score (nSPS) is 10.8. The first kappa shape index (κ1) is 17.9. The number of amides is 1. The molecule has 1 N–H and O–H groups in total. The van der Waals surface area contributed by atoms with Gasteiger partial charge in [-0.3, -0.25) is 4.79 Å². The molecule has 3 aromatic rings. The molecule has 0 fully saturated rings. The Morgan fingerprint density at radius 1 is 1.04 bits per heavy atom. The molecule has 3 aromatic carbocycles. The fraction of sp³-hybridized carbons (Fsp3) is 0.190. The van der Waals surface area contributed by atoms with E-state index in [1.807, 2.05) is 32.0 Å². The van der Waals surface area contributed by atoms with Gasteiger partial charge in [0.05, 0.1) is 5.69 Å². The third-order valence-corrected chi connectivity index (χ3v) is 4.52. The zero-order chi connectivity index (χ0) is 18.8. The van der Waals surface area contributed by atoms with Crippen molar-refractivity contribution in [1.29, 1.82) is 0 Å². The summed E-state index contributed by atoms with van der Waals surface area (Å²) in [5.41, 5.74) is 2.20. The average Bonchev–Trinajstić information content (AvgIpc) is 2.64. The number of benzene rings is 3. The van der Waals surface area contributed by atoms with Crippen molar-refractivity contribution in [3.05, 3.63) is 71.3 Å². The quantitative estimate of drug-likeness (QED) is 0.693. The van der Waals surface area contributed by atoms with Gasteiger partial charge < -0.3 is 10.2 Å². The van der Waals surface area contributed by atoms with Gasteiger partial charge in [-0.25, -0.2) is 8.78 Å². The number of halogens is 2. The Labute approximate surface area is 151 Å². The Balaban J connectivity index is 2.16. The highest BCUT2D eigenvalue weighted by atomic mass is 19.2. The van der Waals surface area contributed by atoms with Crippen LogP contribution in [0.15, 0.2) is 48.5 Å². The minimum Gasteiger partial charge on any atom is -0.353 e. The fourth-order valence-corrected chi connectivity index (χ4v) is 2.97. The van der Waals surface area contributed by atoms with Crippen LogP contribution in [0.2, 0.25) is 0 Å². The van der Waals surface area contributed by atoms with Gasteiger partial charge in [0.2, 0.25) is 0 Å². The van der Waals surface area contributed by atoms with E-state index < -0.39 is 11.6 Å². The van der Waals surface area contributed by atoms with Gasteiger partial charge in [-0.1, -0.05) is 24.3 Å². The van der Waals surface area contributed by atoms with Gasteiger partial charge in [-0.2, -0.15) is 0 Å². The summed E-state index contributed by atoms with van der Waals surface area (Å²) in [6.07, 6.45) is 0. The summed E-state index contributed by atoms with van der Waals surface area (Å²) in [4.78, 5) is 14.3. The number of nitrogens with zero attached hydrogens (tertiary/aromatic N) is 1. The van der Waals surface area contributed by atoms with E-state index in [2.05, 4.69) is 5.32 Å². The van der Waals surface area contributed by atoms with Crippen LogP contribution in [0.1, 0.15) is 22.8 Å². The molecule has 0 spiro atoms. The molecule has 0 atom stereocenters. The van der Waals surface area contributed by atoms with Crippen LogP contribution in [-0.4, -0.2) is 24.4 Å². The SMILES string of the molecule is CCN(C)C(=O)c1ccc(Nc2cccc(F)c2F)c2cccc(C)c12. The summed E-state index contributed by atoms with van der Waals surface area (Å²) in [6, 6.07) is 13.1. The molecule has 1 amide bonds. The Kier molecular flexibility index (Phi) is 4.89. The number of fused-ring (bicyclic) bond motifs is 1. The van der Waals surface area contributed by atoms with E-state index in [9.17, 15) is 13.6 Å². The highest BCUT2D eigenvalue weighted by Gasteiger charge is 2.17. The summed E-state index contributed by atoms with van der Waals surface area (Å²) < 4.78 is 27.5. The molecule has 3 nitrogen and oxygen atoms in total. The molecule has 134 valence electrons. The molecule has 0 saturated carbocycles. The zero-order valence-corrected chi connectivity index (χ0v) is 14.9. The van der Waals surface area contributed by atoms with E-state index in [0.717, 1.165) is 22.4 Å². The summed E-state index contributed by atoms with van der Waals surface area (Å²) >= 11 is 0. The van der Waals surface area contributed by atoms with Crippen molar-refractivity contribution < 1.29 is 13.6 Å². The van der Waals surface area contributed by atoms with Gasteiger partial charge in [0.25, 0.3) is 5.91 Å². The molecule has 5 heteroatoms. The Morgan fingerprint density at radius 2 is 1.77 bits per heavy atom. The first-order chi connectivity index (χ1) is 12.4. The standard InChI is InChI=1S/C21H20F2N2O/c1-4-25(3)21(26)15-11-12-17(14-8-5-7-13(2)19(14)15)24-18-10-6-9-16(22)20(18)23/h5-12,24H,4H2,1-3H3. The van der Waals surface area contributed by atoms with Crippen molar-refractivity contribution in [3.63, 3.8) is 0 Å². The lowest BCUT2D eigenvalue weighted by atomic mass is 9.97. The summed E-state index contributed by atoms with van der Waals surface area (Å²) in [5.74, 6) is -1.92. The number of rotatable bonds is 4. The van der Waals surface area contributed by atoms with E-state index >= 15 is 0 Å². The molecule has 0 aliphatic heterocycles. The first-order valence-electron chi connectivity index (χ1n) is 8.42. The van der Waals surface area contributed by atoms with Crippen LogP contribution < -0.4 is 5.32 Å². The summed E-state index contributed by atoms with van der Waals surface area (Å²) in [7, 11) is 1.75. The Morgan fingerprint density at radius 3 is 2.50 bits per heavy atom. The summed E-state index contributed by atoms with van der Waals surface area (Å²) in [5, 5.41) is 4.54. The van der Waals surface area contributed by atoms with Crippen LogP contribution >= 0.6 is 0 Å². The molecule has 26 heavy (non-hydrogen) atoms. The van der Waals surface area contributed by atoms with Crippen LogP contribution in [0.4, 0.5) is 20.2 Å². The lowest BCUT2D eigenvalue weighted by Gasteiger charge is -2.19. The maximum atomic E-state index is 14.0. The van der Waals surface area contributed by atoms with Crippen LogP contribution in [-0.2, 0) is 0 Å². The minimum absolute atomic E-state index is 0.0533. The van der Waals surface area contributed by atoms with Crippen molar-refractivity contribution in [2.24, 2.45) is 0 Å². The molecule has 3 rings (SSSR count). The molecule has 0 unspecified atom stereocenters. The molecule has 0 heterocycles. The highest BCUT2D eigenvalue weighted by molar-refractivity contribution is 6.11. The maximum absolute atomic E-state index is 14.0. The molecule has 0 radical (unpaired) electrons. The van der Waals surface area contributed by atoms with E-state index in [0.29, 0.717) is 17.8 Å². The van der Waals surface area contributed by atoms with Crippen molar-refractivity contribution in [1.82, 2.24) is 4.90 Å². The molecule has 0 aromatic heterocycles. The van der Waals surface area contributed by atoms with E-state index in [-0.39, 0.29) is 11.6 Å². The second-order valence-electron chi connectivity index (χ2n) is 6.20.